The SMILES string of the molecule is NC(=O)c1ccc(N2CCNCC2C(N)=O)c(Cl)c1. The maximum absolute atomic E-state index is 11.4. The Kier molecular flexibility index (Phi) is 3.92. The van der Waals surface area contributed by atoms with Gasteiger partial charge in [-0.25, -0.2) is 0 Å². The molecule has 1 unspecified atom stereocenters. The number of carbonyl (C=O) groups excluding carboxylic acids is 2. The molecule has 7 heteroatoms. The first-order chi connectivity index (χ1) is 9.00. The maximum atomic E-state index is 11.4. The Morgan fingerprint density at radius 1 is 1.37 bits per heavy atom. The fraction of sp³-hybridized carbons (Fsp3) is 0.333. The van der Waals surface area contributed by atoms with Gasteiger partial charge in [-0.05, 0) is 18.2 Å². The van der Waals surface area contributed by atoms with E-state index in [-0.39, 0.29) is 0 Å². The van der Waals surface area contributed by atoms with Gasteiger partial charge in [0.1, 0.15) is 6.04 Å². The summed E-state index contributed by atoms with van der Waals surface area (Å²) in [6.07, 6.45) is 0. The van der Waals surface area contributed by atoms with Gasteiger partial charge in [-0.1, -0.05) is 11.6 Å². The van der Waals surface area contributed by atoms with Crippen LogP contribution < -0.4 is 21.7 Å². The fourth-order valence-electron chi connectivity index (χ4n) is 2.14. The number of piperazine rings is 1. The fourth-order valence-corrected chi connectivity index (χ4v) is 2.43. The number of halogens is 1. The second-order valence-electron chi connectivity index (χ2n) is 4.35. The summed E-state index contributed by atoms with van der Waals surface area (Å²) >= 11 is 6.15. The summed E-state index contributed by atoms with van der Waals surface area (Å²) < 4.78 is 0. The van der Waals surface area contributed by atoms with Crippen molar-refractivity contribution in [1.82, 2.24) is 5.32 Å². The van der Waals surface area contributed by atoms with E-state index in [9.17, 15) is 9.59 Å². The molecule has 102 valence electrons. The third-order valence-corrected chi connectivity index (χ3v) is 3.42. The van der Waals surface area contributed by atoms with E-state index in [1.165, 1.54) is 6.07 Å². The first kappa shape index (κ1) is 13.6. The van der Waals surface area contributed by atoms with Crippen molar-refractivity contribution in [2.75, 3.05) is 24.5 Å². The smallest absolute Gasteiger partial charge is 0.248 e. The monoisotopic (exact) mass is 282 g/mol. The minimum absolute atomic E-state index is 0.333. The van der Waals surface area contributed by atoms with E-state index in [2.05, 4.69) is 5.32 Å². The van der Waals surface area contributed by atoms with Gasteiger partial charge in [0, 0.05) is 25.2 Å². The lowest BCUT2D eigenvalue weighted by molar-refractivity contribution is -0.119. The summed E-state index contributed by atoms with van der Waals surface area (Å²) in [5.41, 5.74) is 11.6. The quantitative estimate of drug-likeness (QED) is 0.708. The second kappa shape index (κ2) is 5.46. The van der Waals surface area contributed by atoms with Crippen LogP contribution in [-0.2, 0) is 4.79 Å². The number of hydrogen-bond donors (Lipinski definition) is 3. The van der Waals surface area contributed by atoms with E-state index >= 15 is 0 Å². The van der Waals surface area contributed by atoms with Crippen molar-refractivity contribution in [3.05, 3.63) is 28.8 Å². The molecule has 0 aliphatic carbocycles. The predicted octanol–water partition coefficient (Wildman–Crippen LogP) is -0.298. The van der Waals surface area contributed by atoms with E-state index in [0.717, 1.165) is 6.54 Å². The Labute approximate surface area is 115 Å². The van der Waals surface area contributed by atoms with E-state index < -0.39 is 17.9 Å². The molecule has 1 aromatic carbocycles. The van der Waals surface area contributed by atoms with Crippen LogP contribution in [0.2, 0.25) is 5.02 Å². The Morgan fingerprint density at radius 2 is 2.11 bits per heavy atom. The zero-order chi connectivity index (χ0) is 14.0. The molecular formula is C12H15ClN4O2. The van der Waals surface area contributed by atoms with E-state index in [1.54, 1.807) is 12.1 Å². The first-order valence-electron chi connectivity index (χ1n) is 5.86. The number of nitrogens with two attached hydrogens (primary N) is 2. The molecule has 1 aromatic rings. The standard InChI is InChI=1S/C12H15ClN4O2/c13-8-5-7(11(14)18)1-2-9(8)17-4-3-16-6-10(17)12(15)19/h1-2,5,10,16H,3-4,6H2,(H2,14,18)(H2,15,19). The number of nitrogens with zero attached hydrogens (tertiary/aromatic N) is 1. The van der Waals surface area contributed by atoms with Crippen LogP contribution in [0, 0.1) is 0 Å². The van der Waals surface area contributed by atoms with Crippen LogP contribution in [-0.4, -0.2) is 37.5 Å². The van der Waals surface area contributed by atoms with Crippen LogP contribution in [0.4, 0.5) is 5.69 Å². The molecule has 0 saturated carbocycles. The summed E-state index contributed by atoms with van der Waals surface area (Å²) in [6.45, 7) is 1.82. The molecule has 1 heterocycles. The van der Waals surface area contributed by atoms with E-state index in [0.29, 0.717) is 29.4 Å². The number of anilines is 1. The predicted molar refractivity (Wildman–Crippen MR) is 73.2 cm³/mol. The van der Waals surface area contributed by atoms with E-state index in [4.69, 9.17) is 23.1 Å². The van der Waals surface area contributed by atoms with Crippen molar-refractivity contribution >= 4 is 29.1 Å². The number of carbonyl (C=O) groups is 2. The zero-order valence-electron chi connectivity index (χ0n) is 10.2. The highest BCUT2D eigenvalue weighted by molar-refractivity contribution is 6.33. The van der Waals surface area contributed by atoms with Gasteiger partial charge < -0.3 is 21.7 Å². The van der Waals surface area contributed by atoms with Crippen molar-refractivity contribution < 1.29 is 9.59 Å². The minimum Gasteiger partial charge on any atom is -0.368 e. The largest absolute Gasteiger partial charge is 0.368 e. The molecule has 2 amide bonds. The topological polar surface area (TPSA) is 101 Å². The van der Waals surface area contributed by atoms with Crippen LogP contribution in [0.5, 0.6) is 0 Å². The molecule has 0 bridgehead atoms. The van der Waals surface area contributed by atoms with Gasteiger partial charge in [0.15, 0.2) is 0 Å². The molecule has 1 fully saturated rings. The Balaban J connectivity index is 2.34. The lowest BCUT2D eigenvalue weighted by atomic mass is 10.1. The van der Waals surface area contributed by atoms with Crippen molar-refractivity contribution in [2.24, 2.45) is 11.5 Å². The van der Waals surface area contributed by atoms with Gasteiger partial charge in [0.05, 0.1) is 10.7 Å². The highest BCUT2D eigenvalue weighted by Crippen LogP contribution is 2.28. The highest BCUT2D eigenvalue weighted by Gasteiger charge is 2.28. The molecule has 1 aliphatic rings. The third kappa shape index (κ3) is 2.80. The first-order valence-corrected chi connectivity index (χ1v) is 6.24. The molecule has 1 saturated heterocycles. The number of nitrogens with one attached hydrogen (secondary N) is 1. The van der Waals surface area contributed by atoms with Crippen LogP contribution in [0.1, 0.15) is 10.4 Å². The summed E-state index contributed by atoms with van der Waals surface area (Å²) in [7, 11) is 0. The Morgan fingerprint density at radius 3 is 2.68 bits per heavy atom. The molecule has 1 atom stereocenters. The Bertz CT molecular complexity index is 520. The average Bonchev–Trinajstić information content (AvgIpc) is 2.38. The molecule has 0 aromatic heterocycles. The van der Waals surface area contributed by atoms with Gasteiger partial charge in [-0.15, -0.1) is 0 Å². The molecule has 5 N–H and O–H groups in total. The van der Waals surface area contributed by atoms with Gasteiger partial charge in [0.25, 0.3) is 0 Å². The molecular weight excluding hydrogens is 268 g/mol. The molecule has 19 heavy (non-hydrogen) atoms. The molecule has 1 aliphatic heterocycles. The summed E-state index contributed by atoms with van der Waals surface area (Å²) in [5, 5.41) is 3.48. The van der Waals surface area contributed by atoms with Gasteiger partial charge >= 0.3 is 0 Å². The number of primary amides is 2. The highest BCUT2D eigenvalue weighted by atomic mass is 35.5. The summed E-state index contributed by atoms with van der Waals surface area (Å²) in [5.74, 6) is -0.956. The number of rotatable bonds is 3. The van der Waals surface area contributed by atoms with Gasteiger partial charge in [-0.2, -0.15) is 0 Å². The third-order valence-electron chi connectivity index (χ3n) is 3.11. The van der Waals surface area contributed by atoms with Gasteiger partial charge in [0.2, 0.25) is 11.8 Å². The van der Waals surface area contributed by atoms with Crippen molar-refractivity contribution in [1.29, 1.82) is 0 Å². The lowest BCUT2D eigenvalue weighted by Gasteiger charge is -2.36. The normalized spacial score (nSPS) is 19.2. The molecule has 6 nitrogen and oxygen atoms in total. The Hall–Kier alpha value is -1.79. The van der Waals surface area contributed by atoms with Crippen molar-refractivity contribution in [3.63, 3.8) is 0 Å². The lowest BCUT2D eigenvalue weighted by Crippen LogP contribution is -2.57. The molecule has 2 rings (SSSR count). The minimum atomic E-state index is -0.541. The number of benzene rings is 1. The van der Waals surface area contributed by atoms with Crippen LogP contribution >= 0.6 is 11.6 Å². The second-order valence-corrected chi connectivity index (χ2v) is 4.75. The van der Waals surface area contributed by atoms with Crippen molar-refractivity contribution in [3.8, 4) is 0 Å². The molecule has 0 spiro atoms. The average molecular weight is 283 g/mol. The molecule has 0 radical (unpaired) electrons. The zero-order valence-corrected chi connectivity index (χ0v) is 11.0. The summed E-state index contributed by atoms with van der Waals surface area (Å²) in [4.78, 5) is 24.4. The van der Waals surface area contributed by atoms with Crippen molar-refractivity contribution in [2.45, 2.75) is 6.04 Å². The van der Waals surface area contributed by atoms with Gasteiger partial charge in [-0.3, -0.25) is 9.59 Å². The maximum Gasteiger partial charge on any atom is 0.248 e. The van der Waals surface area contributed by atoms with Crippen LogP contribution in [0.15, 0.2) is 18.2 Å². The van der Waals surface area contributed by atoms with Crippen LogP contribution in [0.3, 0.4) is 0 Å². The summed E-state index contributed by atoms with van der Waals surface area (Å²) in [6, 6.07) is 4.32. The van der Waals surface area contributed by atoms with Crippen LogP contribution in [0.25, 0.3) is 0 Å². The number of amides is 2. The van der Waals surface area contributed by atoms with E-state index in [1.807, 2.05) is 4.90 Å². The number of hydrogen-bond acceptors (Lipinski definition) is 4.